The van der Waals surface area contributed by atoms with Crippen LogP contribution >= 0.6 is 0 Å². The van der Waals surface area contributed by atoms with Crippen molar-refractivity contribution in [3.63, 3.8) is 0 Å². The van der Waals surface area contributed by atoms with Gasteiger partial charge in [0, 0.05) is 67.3 Å². The molecule has 7 rings (SSSR count). The van der Waals surface area contributed by atoms with Crippen molar-refractivity contribution < 1.29 is 19.0 Å². The Balaban J connectivity index is 1.51. The number of ether oxygens (including phenoxy) is 1. The molecule has 5 aromatic rings. The Hall–Kier alpha value is -4.55. The van der Waals surface area contributed by atoms with Crippen LogP contribution in [0.15, 0.2) is 41.6 Å². The maximum absolute atomic E-state index is 14.9. The van der Waals surface area contributed by atoms with Gasteiger partial charge in [-0.1, -0.05) is 0 Å². The van der Waals surface area contributed by atoms with Gasteiger partial charge in [-0.15, -0.1) is 0 Å². The van der Waals surface area contributed by atoms with E-state index in [0.29, 0.717) is 72.9 Å². The first kappa shape index (κ1) is 26.4. The maximum atomic E-state index is 14.9. The number of carboxylic acid groups (broad SMARTS) is 1. The minimum absolute atomic E-state index is 0.0153. The zero-order valence-corrected chi connectivity index (χ0v) is 23.0. The van der Waals surface area contributed by atoms with Gasteiger partial charge in [0.05, 0.1) is 40.9 Å². The van der Waals surface area contributed by atoms with E-state index >= 15 is 0 Å². The topological polar surface area (TPSA) is 137 Å². The third kappa shape index (κ3) is 4.25. The highest BCUT2D eigenvalue weighted by molar-refractivity contribution is 6.18. The quantitative estimate of drug-likeness (QED) is 0.240. The Bertz CT molecular complexity index is 1920. The molecule has 42 heavy (non-hydrogen) atoms. The Morgan fingerprint density at radius 3 is 2.76 bits per heavy atom. The zero-order chi connectivity index (χ0) is 29.0. The first-order valence-corrected chi connectivity index (χ1v) is 14.1. The van der Waals surface area contributed by atoms with E-state index in [-0.39, 0.29) is 22.8 Å². The van der Waals surface area contributed by atoms with Gasteiger partial charge < -0.3 is 34.9 Å². The van der Waals surface area contributed by atoms with Gasteiger partial charge in [-0.3, -0.25) is 4.79 Å². The van der Waals surface area contributed by atoms with Gasteiger partial charge in [0.15, 0.2) is 0 Å². The molecule has 1 unspecified atom stereocenters. The summed E-state index contributed by atoms with van der Waals surface area (Å²) in [5.74, 6) is -1.64. The molecule has 0 bridgehead atoms. The molecule has 4 N–H and O–H groups in total. The van der Waals surface area contributed by atoms with Crippen LogP contribution in [0.3, 0.4) is 0 Å². The third-order valence-electron chi connectivity index (χ3n) is 8.20. The largest absolute Gasteiger partial charge is 0.477 e. The number of aromatic nitrogens is 4. The lowest BCUT2D eigenvalue weighted by atomic mass is 10.0. The highest BCUT2D eigenvalue weighted by Crippen LogP contribution is 2.42. The van der Waals surface area contributed by atoms with Gasteiger partial charge >= 0.3 is 5.97 Å². The Kier molecular flexibility index (Phi) is 6.51. The van der Waals surface area contributed by atoms with Gasteiger partial charge in [0.1, 0.15) is 22.7 Å². The summed E-state index contributed by atoms with van der Waals surface area (Å²) < 4.78 is 22.3. The summed E-state index contributed by atoms with van der Waals surface area (Å²) in [4.78, 5) is 40.5. The fourth-order valence-corrected chi connectivity index (χ4v) is 6.25. The fraction of sp³-hybridized carbons (Fsp3) is 0.333. The van der Waals surface area contributed by atoms with Gasteiger partial charge in [-0.2, -0.15) is 0 Å². The Morgan fingerprint density at radius 1 is 1.19 bits per heavy atom. The highest BCUT2D eigenvalue weighted by Gasteiger charge is 2.26. The van der Waals surface area contributed by atoms with Crippen molar-refractivity contribution in [3.8, 4) is 11.1 Å². The summed E-state index contributed by atoms with van der Waals surface area (Å²) in [6.07, 6.45) is 5.64. The molecule has 1 aromatic carbocycles. The van der Waals surface area contributed by atoms with Crippen molar-refractivity contribution in [1.82, 2.24) is 24.8 Å². The van der Waals surface area contributed by atoms with Crippen molar-refractivity contribution in [2.45, 2.75) is 19.4 Å². The number of fused-ring (bicyclic) bond motifs is 4. The monoisotopic (exact) mass is 571 g/mol. The van der Waals surface area contributed by atoms with Crippen LogP contribution < -0.4 is 21.0 Å². The van der Waals surface area contributed by atoms with Crippen LogP contribution in [-0.2, 0) is 4.74 Å². The van der Waals surface area contributed by atoms with E-state index in [1.165, 1.54) is 18.3 Å². The van der Waals surface area contributed by atoms with Crippen LogP contribution in [-0.4, -0.2) is 76.5 Å². The molecule has 0 radical (unpaired) electrons. The number of hydrogen-bond donors (Lipinski definition) is 4. The summed E-state index contributed by atoms with van der Waals surface area (Å²) in [5, 5.41) is 18.1. The van der Waals surface area contributed by atoms with E-state index in [2.05, 4.69) is 20.5 Å². The minimum Gasteiger partial charge on any atom is -0.477 e. The Morgan fingerprint density at radius 2 is 2.02 bits per heavy atom. The highest BCUT2D eigenvalue weighted by atomic mass is 19.1. The van der Waals surface area contributed by atoms with E-state index in [0.717, 1.165) is 29.6 Å². The van der Waals surface area contributed by atoms with Gasteiger partial charge in [-0.25, -0.2) is 19.2 Å². The Labute approximate surface area is 239 Å². The van der Waals surface area contributed by atoms with E-state index in [1.54, 1.807) is 23.0 Å². The number of hydrogen-bond acceptors (Lipinski definition) is 8. The number of pyridine rings is 3. The number of H-pyrrole nitrogens is 1. The molecular weight excluding hydrogens is 541 g/mol. The van der Waals surface area contributed by atoms with Crippen molar-refractivity contribution in [2.75, 3.05) is 56.2 Å². The number of halogens is 1. The number of morpholine rings is 1. The van der Waals surface area contributed by atoms with Crippen molar-refractivity contribution >= 4 is 50.3 Å². The second-order valence-corrected chi connectivity index (χ2v) is 10.7. The zero-order valence-electron chi connectivity index (χ0n) is 23.0. The molecule has 1 atom stereocenters. The maximum Gasteiger partial charge on any atom is 0.341 e. The summed E-state index contributed by atoms with van der Waals surface area (Å²) in [7, 11) is 0. The summed E-state index contributed by atoms with van der Waals surface area (Å²) in [6.45, 7) is 6.32. The summed E-state index contributed by atoms with van der Waals surface area (Å²) in [6, 6.07) is 4.67. The molecule has 6 heterocycles. The number of aromatic carboxylic acids is 1. The minimum atomic E-state index is -1.28. The van der Waals surface area contributed by atoms with E-state index in [9.17, 15) is 19.1 Å². The van der Waals surface area contributed by atoms with Crippen molar-refractivity contribution in [1.29, 1.82) is 0 Å². The number of rotatable bonds is 6. The molecule has 216 valence electrons. The van der Waals surface area contributed by atoms with Crippen LogP contribution in [0.25, 0.3) is 44.1 Å². The molecule has 0 amide bonds. The molecule has 2 fully saturated rings. The average Bonchev–Trinajstić information content (AvgIpc) is 3.66. The molecule has 0 saturated carbocycles. The van der Waals surface area contributed by atoms with Crippen LogP contribution in [0.1, 0.15) is 29.7 Å². The lowest BCUT2D eigenvalue weighted by molar-refractivity contribution is 0.0694. The number of carboxylic acids is 1. The standard InChI is InChI=1S/C30H30FN7O4/c1-2-33-23-11-17(31)10-19-24-26(37-5-7-42-8-6-37)21(14-34-28(24)36-25(19)23)16-9-20-27(39)22(30(40)41)15-38(29(20)35-12-16)18-3-4-32-13-18/h9-12,14-15,18,32-33H,2-8,13H2,1H3,(H,34,36)(H,40,41). The normalized spacial score (nSPS) is 17.5. The molecule has 4 aromatic heterocycles. The van der Waals surface area contributed by atoms with E-state index in [1.807, 2.05) is 6.92 Å². The molecule has 0 spiro atoms. The number of nitrogens with one attached hydrogen (secondary N) is 3. The number of carbonyl (C=O) groups is 1. The molecule has 2 aliphatic rings. The molecule has 2 saturated heterocycles. The number of benzene rings is 1. The SMILES string of the molecule is CCNc1cc(F)cc2c1[nH]c1ncc(-c3cnc4c(c3)c(=O)c(C(=O)O)cn4C3CCNC3)c(N3CCOCC3)c12. The molecule has 0 aliphatic carbocycles. The van der Waals surface area contributed by atoms with Gasteiger partial charge in [0.25, 0.3) is 0 Å². The lowest BCUT2D eigenvalue weighted by Crippen LogP contribution is -2.36. The third-order valence-corrected chi connectivity index (χ3v) is 8.20. The second kappa shape index (κ2) is 10.4. The van der Waals surface area contributed by atoms with E-state index < -0.39 is 11.4 Å². The van der Waals surface area contributed by atoms with Crippen molar-refractivity contribution in [3.05, 3.63) is 58.4 Å². The number of nitrogens with zero attached hydrogens (tertiary/aromatic N) is 4. The first-order valence-electron chi connectivity index (χ1n) is 14.1. The smallest absolute Gasteiger partial charge is 0.341 e. The summed E-state index contributed by atoms with van der Waals surface area (Å²) in [5.41, 5.74) is 3.73. The lowest BCUT2D eigenvalue weighted by Gasteiger charge is -2.31. The number of anilines is 2. The molecular formula is C30H30FN7O4. The van der Waals surface area contributed by atoms with Crippen LogP contribution in [0.2, 0.25) is 0 Å². The molecule has 12 heteroatoms. The van der Waals surface area contributed by atoms with Gasteiger partial charge in [-0.05, 0) is 38.1 Å². The first-order chi connectivity index (χ1) is 20.4. The van der Waals surface area contributed by atoms with Crippen LogP contribution in [0.5, 0.6) is 0 Å². The van der Waals surface area contributed by atoms with Crippen molar-refractivity contribution in [2.24, 2.45) is 0 Å². The van der Waals surface area contributed by atoms with Gasteiger partial charge in [0.2, 0.25) is 5.43 Å². The van der Waals surface area contributed by atoms with E-state index in [4.69, 9.17) is 14.7 Å². The molecule has 11 nitrogen and oxygen atoms in total. The summed E-state index contributed by atoms with van der Waals surface area (Å²) >= 11 is 0. The number of aromatic amines is 1. The predicted molar refractivity (Wildman–Crippen MR) is 159 cm³/mol. The molecule has 2 aliphatic heterocycles. The van der Waals surface area contributed by atoms with Crippen LogP contribution in [0, 0.1) is 5.82 Å². The fourth-order valence-electron chi connectivity index (χ4n) is 6.25. The predicted octanol–water partition coefficient (Wildman–Crippen LogP) is 3.73. The average molecular weight is 572 g/mol. The second-order valence-electron chi connectivity index (χ2n) is 10.7. The van der Waals surface area contributed by atoms with Crippen LogP contribution in [0.4, 0.5) is 15.8 Å².